The van der Waals surface area contributed by atoms with E-state index in [1.807, 2.05) is 0 Å². The smallest absolute Gasteiger partial charge is 0.0477 e. The van der Waals surface area contributed by atoms with Crippen molar-refractivity contribution in [1.82, 2.24) is 4.90 Å². The molecule has 0 aromatic carbocycles. The molecule has 2 N–H and O–H groups in total. The van der Waals surface area contributed by atoms with Crippen LogP contribution in [0.4, 0.5) is 0 Å². The van der Waals surface area contributed by atoms with Gasteiger partial charge in [-0.1, -0.05) is 6.42 Å². The summed E-state index contributed by atoms with van der Waals surface area (Å²) in [6.45, 7) is 3.04. The molecule has 0 amide bonds. The van der Waals surface area contributed by atoms with Crippen molar-refractivity contribution >= 4 is 0 Å². The number of nitrogens with zero attached hydrogens (tertiary/aromatic N) is 1. The standard InChI is InChI=1S/C14H28N2O/c1-16(10-14(15)5-6-17-2)9-13-8-11-3-4-12(13)7-11/h11-14H,3-10,15H2,1-2H3. The third kappa shape index (κ3) is 3.67. The molecule has 2 aliphatic rings. The highest BCUT2D eigenvalue weighted by atomic mass is 16.5. The number of methoxy groups -OCH3 is 1. The highest BCUT2D eigenvalue weighted by Crippen LogP contribution is 2.48. The molecule has 2 saturated carbocycles. The molecule has 0 aromatic heterocycles. The van der Waals surface area contributed by atoms with E-state index in [1.165, 1.54) is 32.2 Å². The third-order valence-electron chi connectivity index (χ3n) is 4.67. The van der Waals surface area contributed by atoms with Gasteiger partial charge in [-0.3, -0.25) is 0 Å². The van der Waals surface area contributed by atoms with E-state index in [0.717, 1.165) is 37.3 Å². The Hall–Kier alpha value is -0.120. The molecule has 2 rings (SSSR count). The summed E-state index contributed by atoms with van der Waals surface area (Å²) >= 11 is 0. The molecule has 17 heavy (non-hydrogen) atoms. The van der Waals surface area contributed by atoms with Crippen molar-refractivity contribution in [2.75, 3.05) is 33.9 Å². The van der Waals surface area contributed by atoms with E-state index in [4.69, 9.17) is 10.5 Å². The molecule has 0 aromatic rings. The summed E-state index contributed by atoms with van der Waals surface area (Å²) in [6.07, 6.45) is 6.94. The molecule has 3 heteroatoms. The van der Waals surface area contributed by atoms with Crippen LogP contribution in [0.2, 0.25) is 0 Å². The van der Waals surface area contributed by atoms with Gasteiger partial charge in [0.05, 0.1) is 0 Å². The lowest BCUT2D eigenvalue weighted by molar-refractivity contribution is 0.170. The number of nitrogens with two attached hydrogens (primary N) is 1. The molecule has 2 fully saturated rings. The first kappa shape index (κ1) is 13.3. The van der Waals surface area contributed by atoms with E-state index in [1.54, 1.807) is 7.11 Å². The largest absolute Gasteiger partial charge is 0.385 e. The van der Waals surface area contributed by atoms with Crippen molar-refractivity contribution in [2.24, 2.45) is 23.5 Å². The van der Waals surface area contributed by atoms with E-state index in [0.29, 0.717) is 0 Å². The minimum Gasteiger partial charge on any atom is -0.385 e. The first-order valence-corrected chi connectivity index (χ1v) is 7.12. The number of fused-ring (bicyclic) bond motifs is 2. The summed E-state index contributed by atoms with van der Waals surface area (Å²) in [6, 6.07) is 0.263. The van der Waals surface area contributed by atoms with Crippen molar-refractivity contribution < 1.29 is 4.74 Å². The summed E-state index contributed by atoms with van der Waals surface area (Å²) < 4.78 is 5.07. The molecular formula is C14H28N2O. The SMILES string of the molecule is COCCC(N)CN(C)CC1CC2CCC1C2. The topological polar surface area (TPSA) is 38.5 Å². The van der Waals surface area contributed by atoms with Gasteiger partial charge in [0.15, 0.2) is 0 Å². The molecule has 2 aliphatic carbocycles. The van der Waals surface area contributed by atoms with Gasteiger partial charge in [0, 0.05) is 32.8 Å². The molecule has 2 bridgehead atoms. The second-order valence-corrected chi connectivity index (χ2v) is 6.20. The van der Waals surface area contributed by atoms with Gasteiger partial charge in [0.1, 0.15) is 0 Å². The fourth-order valence-electron chi connectivity index (χ4n) is 3.84. The maximum atomic E-state index is 6.09. The normalized spacial score (nSPS) is 33.5. The highest BCUT2D eigenvalue weighted by Gasteiger charge is 2.39. The number of hydrogen-bond donors (Lipinski definition) is 1. The van der Waals surface area contributed by atoms with Crippen LogP contribution in [0.25, 0.3) is 0 Å². The van der Waals surface area contributed by atoms with Gasteiger partial charge in [-0.25, -0.2) is 0 Å². The predicted octanol–water partition coefficient (Wildman–Crippen LogP) is 1.72. The summed E-state index contributed by atoms with van der Waals surface area (Å²) in [5.41, 5.74) is 6.09. The molecule has 0 heterocycles. The Balaban J connectivity index is 1.65. The quantitative estimate of drug-likeness (QED) is 0.736. The van der Waals surface area contributed by atoms with E-state index < -0.39 is 0 Å². The van der Waals surface area contributed by atoms with Gasteiger partial charge < -0.3 is 15.4 Å². The summed E-state index contributed by atoms with van der Waals surface area (Å²) in [5.74, 6) is 3.03. The van der Waals surface area contributed by atoms with Crippen LogP contribution in [-0.4, -0.2) is 44.8 Å². The second-order valence-electron chi connectivity index (χ2n) is 6.20. The second kappa shape index (κ2) is 6.17. The third-order valence-corrected chi connectivity index (χ3v) is 4.67. The molecule has 0 saturated heterocycles. The van der Waals surface area contributed by atoms with Gasteiger partial charge in [-0.15, -0.1) is 0 Å². The number of ether oxygens (including phenoxy) is 1. The zero-order valence-electron chi connectivity index (χ0n) is 11.4. The lowest BCUT2D eigenvalue weighted by Crippen LogP contribution is -2.39. The van der Waals surface area contributed by atoms with Gasteiger partial charge >= 0.3 is 0 Å². The van der Waals surface area contributed by atoms with E-state index in [-0.39, 0.29) is 6.04 Å². The fourth-order valence-corrected chi connectivity index (χ4v) is 3.84. The number of hydrogen-bond acceptors (Lipinski definition) is 3. The molecule has 4 unspecified atom stereocenters. The average molecular weight is 240 g/mol. The van der Waals surface area contributed by atoms with Crippen LogP contribution in [-0.2, 0) is 4.74 Å². The average Bonchev–Trinajstić information content (AvgIpc) is 2.87. The summed E-state index contributed by atoms with van der Waals surface area (Å²) in [5, 5.41) is 0. The van der Waals surface area contributed by atoms with Crippen LogP contribution in [0.3, 0.4) is 0 Å². The van der Waals surface area contributed by atoms with Gasteiger partial charge in [0.25, 0.3) is 0 Å². The summed E-state index contributed by atoms with van der Waals surface area (Å²) in [4.78, 5) is 2.44. The first-order valence-electron chi connectivity index (χ1n) is 7.12. The molecule has 4 atom stereocenters. The van der Waals surface area contributed by atoms with Crippen LogP contribution < -0.4 is 5.73 Å². The Labute approximate surface area is 106 Å². The minimum atomic E-state index is 0.263. The first-order chi connectivity index (χ1) is 8.19. The number of rotatable bonds is 7. The minimum absolute atomic E-state index is 0.263. The molecule has 0 radical (unpaired) electrons. The van der Waals surface area contributed by atoms with Gasteiger partial charge in [-0.05, 0) is 50.5 Å². The van der Waals surface area contributed by atoms with Crippen molar-refractivity contribution in [1.29, 1.82) is 0 Å². The van der Waals surface area contributed by atoms with Crippen molar-refractivity contribution in [3.8, 4) is 0 Å². The lowest BCUT2D eigenvalue weighted by atomic mass is 9.88. The molecule has 0 aliphatic heterocycles. The van der Waals surface area contributed by atoms with E-state index in [2.05, 4.69) is 11.9 Å². The Kier molecular flexibility index (Phi) is 4.83. The van der Waals surface area contributed by atoms with Crippen molar-refractivity contribution in [3.05, 3.63) is 0 Å². The van der Waals surface area contributed by atoms with Crippen LogP contribution in [0.15, 0.2) is 0 Å². The highest BCUT2D eigenvalue weighted by molar-refractivity contribution is 4.91. The van der Waals surface area contributed by atoms with E-state index >= 15 is 0 Å². The zero-order valence-corrected chi connectivity index (χ0v) is 11.4. The van der Waals surface area contributed by atoms with Crippen LogP contribution in [0.1, 0.15) is 32.1 Å². The summed E-state index contributed by atoms with van der Waals surface area (Å²) in [7, 11) is 3.96. The molecule has 0 spiro atoms. The number of likely N-dealkylation sites (N-methyl/N-ethyl adjacent to an activating group) is 1. The maximum absolute atomic E-state index is 6.09. The predicted molar refractivity (Wildman–Crippen MR) is 70.9 cm³/mol. The van der Waals surface area contributed by atoms with E-state index in [9.17, 15) is 0 Å². The van der Waals surface area contributed by atoms with Crippen LogP contribution in [0.5, 0.6) is 0 Å². The fraction of sp³-hybridized carbons (Fsp3) is 1.00. The monoisotopic (exact) mass is 240 g/mol. The molecule has 3 nitrogen and oxygen atoms in total. The Morgan fingerprint density at radius 3 is 2.76 bits per heavy atom. The van der Waals surface area contributed by atoms with Gasteiger partial charge in [-0.2, -0.15) is 0 Å². The zero-order chi connectivity index (χ0) is 12.3. The maximum Gasteiger partial charge on any atom is 0.0477 e. The van der Waals surface area contributed by atoms with Gasteiger partial charge in [0.2, 0.25) is 0 Å². The van der Waals surface area contributed by atoms with Crippen molar-refractivity contribution in [2.45, 2.75) is 38.1 Å². The van der Waals surface area contributed by atoms with Crippen molar-refractivity contribution in [3.63, 3.8) is 0 Å². The Morgan fingerprint density at radius 1 is 1.35 bits per heavy atom. The van der Waals surface area contributed by atoms with Crippen LogP contribution >= 0.6 is 0 Å². The Morgan fingerprint density at radius 2 is 2.18 bits per heavy atom. The Bertz CT molecular complexity index is 234. The molecular weight excluding hydrogens is 212 g/mol. The van der Waals surface area contributed by atoms with Crippen LogP contribution in [0, 0.1) is 17.8 Å². The molecule has 100 valence electrons. The lowest BCUT2D eigenvalue weighted by Gasteiger charge is -2.28.